The van der Waals surface area contributed by atoms with Crippen LogP contribution >= 0.6 is 0 Å². The highest BCUT2D eigenvalue weighted by Gasteiger charge is 2.37. The van der Waals surface area contributed by atoms with Crippen LogP contribution in [-0.4, -0.2) is 44.7 Å². The minimum Gasteiger partial charge on any atom is -0.481 e. The number of hydrogen-bond acceptors (Lipinski definition) is 4. The van der Waals surface area contributed by atoms with Crippen molar-refractivity contribution in [2.75, 3.05) is 0 Å². The van der Waals surface area contributed by atoms with Crippen molar-refractivity contribution in [3.63, 3.8) is 0 Å². The maximum absolute atomic E-state index is 10.5. The van der Waals surface area contributed by atoms with Gasteiger partial charge in [0.1, 0.15) is 0 Å². The van der Waals surface area contributed by atoms with Crippen LogP contribution in [0.1, 0.15) is 45.4 Å². The molecule has 0 radical (unpaired) electrons. The number of hydrogen-bond donors (Lipinski definition) is 4. The van der Waals surface area contributed by atoms with Crippen molar-refractivity contribution < 1.29 is 25.2 Å². The van der Waals surface area contributed by atoms with Crippen LogP contribution < -0.4 is 0 Å². The van der Waals surface area contributed by atoms with E-state index in [4.69, 9.17) is 5.11 Å². The molecule has 0 saturated heterocycles. The van der Waals surface area contributed by atoms with Gasteiger partial charge in [-0.05, 0) is 49.5 Å². The molecular weight excluding hydrogens is 296 g/mol. The van der Waals surface area contributed by atoms with E-state index < -0.39 is 18.2 Å². The zero-order valence-electron chi connectivity index (χ0n) is 13.6. The van der Waals surface area contributed by atoms with E-state index in [0.717, 1.165) is 19.3 Å². The third-order valence-electron chi connectivity index (χ3n) is 5.16. The number of fused-ring (bicyclic) bond motifs is 1. The standard InChI is InChI=1S/C18H28O5/c1-11-5-6-12-3-2-4-16(21)18(12)15(11)8-7-13(19)9-14(20)10-17(22)23/h3,5-6,11,13-16,18-21H,2,4,7-10H2,1H3,(H,22,23)/t11-,13-,14-,15-,16-,18+/m1/s1. The second kappa shape index (κ2) is 8.08. The third kappa shape index (κ3) is 4.90. The average Bonchev–Trinajstić information content (AvgIpc) is 2.45. The van der Waals surface area contributed by atoms with E-state index in [9.17, 15) is 20.1 Å². The predicted molar refractivity (Wildman–Crippen MR) is 86.7 cm³/mol. The van der Waals surface area contributed by atoms with Crippen LogP contribution in [0.25, 0.3) is 0 Å². The highest BCUT2D eigenvalue weighted by molar-refractivity contribution is 5.67. The summed E-state index contributed by atoms with van der Waals surface area (Å²) >= 11 is 0. The lowest BCUT2D eigenvalue weighted by Crippen LogP contribution is -2.37. The number of carboxylic acids is 1. The number of carbonyl (C=O) groups is 1. The quantitative estimate of drug-likeness (QED) is 0.573. The van der Waals surface area contributed by atoms with Gasteiger partial charge >= 0.3 is 5.97 Å². The Morgan fingerprint density at radius 2 is 2.09 bits per heavy atom. The molecule has 0 aliphatic heterocycles. The summed E-state index contributed by atoms with van der Waals surface area (Å²) in [5.74, 6) is -0.329. The van der Waals surface area contributed by atoms with Crippen molar-refractivity contribution in [2.45, 2.75) is 63.8 Å². The lowest BCUT2D eigenvalue weighted by Gasteiger charge is -2.40. The zero-order chi connectivity index (χ0) is 17.0. The largest absolute Gasteiger partial charge is 0.481 e. The highest BCUT2D eigenvalue weighted by atomic mass is 16.4. The number of aliphatic hydroxyl groups excluding tert-OH is 3. The van der Waals surface area contributed by atoms with Gasteiger partial charge in [-0.2, -0.15) is 0 Å². The van der Waals surface area contributed by atoms with Gasteiger partial charge in [0.15, 0.2) is 0 Å². The van der Waals surface area contributed by atoms with Crippen molar-refractivity contribution >= 4 is 5.97 Å². The molecule has 0 aromatic heterocycles. The van der Waals surface area contributed by atoms with Gasteiger partial charge in [-0.3, -0.25) is 4.79 Å². The van der Waals surface area contributed by atoms with Crippen molar-refractivity contribution in [1.29, 1.82) is 0 Å². The molecule has 2 aliphatic carbocycles. The molecule has 5 heteroatoms. The summed E-state index contributed by atoms with van der Waals surface area (Å²) in [7, 11) is 0. The molecule has 0 heterocycles. The van der Waals surface area contributed by atoms with Gasteiger partial charge in [0.2, 0.25) is 0 Å². The van der Waals surface area contributed by atoms with Crippen molar-refractivity contribution in [1.82, 2.24) is 0 Å². The zero-order valence-corrected chi connectivity index (χ0v) is 13.6. The molecule has 0 spiro atoms. The van der Waals surface area contributed by atoms with Crippen LogP contribution in [0.5, 0.6) is 0 Å². The molecule has 5 nitrogen and oxygen atoms in total. The molecule has 6 atom stereocenters. The lowest BCUT2D eigenvalue weighted by atomic mass is 9.66. The Hall–Kier alpha value is -1.17. The fraction of sp³-hybridized carbons (Fsp3) is 0.722. The minimum atomic E-state index is -1.06. The van der Waals surface area contributed by atoms with Gasteiger partial charge in [-0.1, -0.05) is 25.2 Å². The summed E-state index contributed by atoms with van der Waals surface area (Å²) in [6.07, 6.45) is 7.11. The molecule has 2 aliphatic rings. The van der Waals surface area contributed by atoms with Gasteiger partial charge in [0, 0.05) is 5.92 Å². The van der Waals surface area contributed by atoms with Crippen LogP contribution in [0, 0.1) is 17.8 Å². The van der Waals surface area contributed by atoms with Gasteiger partial charge < -0.3 is 20.4 Å². The first kappa shape index (κ1) is 18.2. The second-order valence-corrected chi connectivity index (χ2v) is 6.98. The molecular formula is C18H28O5. The first-order valence-corrected chi connectivity index (χ1v) is 8.52. The molecule has 130 valence electrons. The van der Waals surface area contributed by atoms with Gasteiger partial charge in [-0.25, -0.2) is 0 Å². The average molecular weight is 324 g/mol. The normalized spacial score (nSPS) is 32.8. The molecule has 0 amide bonds. The fourth-order valence-corrected chi connectivity index (χ4v) is 3.95. The smallest absolute Gasteiger partial charge is 0.305 e. The number of aliphatic carboxylic acids is 1. The molecule has 0 aromatic carbocycles. The van der Waals surface area contributed by atoms with E-state index in [-0.39, 0.29) is 30.8 Å². The van der Waals surface area contributed by atoms with Crippen molar-refractivity contribution in [3.8, 4) is 0 Å². The SMILES string of the molecule is C[C@@H]1C=CC2=CCC[C@@H](O)[C@@H]2[C@@H]1CC[C@@H](O)C[C@@H](O)CC(=O)O. The molecule has 0 saturated carbocycles. The van der Waals surface area contributed by atoms with Crippen LogP contribution in [0.15, 0.2) is 23.8 Å². The Bertz CT molecular complexity index is 470. The summed E-state index contributed by atoms with van der Waals surface area (Å²) in [5.41, 5.74) is 1.20. The van der Waals surface area contributed by atoms with E-state index >= 15 is 0 Å². The van der Waals surface area contributed by atoms with Crippen LogP contribution in [-0.2, 0) is 4.79 Å². The number of allylic oxidation sites excluding steroid dienone is 3. The molecule has 23 heavy (non-hydrogen) atoms. The summed E-state index contributed by atoms with van der Waals surface area (Å²) in [6.45, 7) is 2.13. The summed E-state index contributed by atoms with van der Waals surface area (Å²) in [5, 5.41) is 38.7. The van der Waals surface area contributed by atoms with Gasteiger partial charge in [0.25, 0.3) is 0 Å². The topological polar surface area (TPSA) is 98.0 Å². The molecule has 4 N–H and O–H groups in total. The number of carboxylic acid groups (broad SMARTS) is 1. The van der Waals surface area contributed by atoms with Crippen LogP contribution in [0.3, 0.4) is 0 Å². The molecule has 0 unspecified atom stereocenters. The van der Waals surface area contributed by atoms with Gasteiger partial charge in [-0.15, -0.1) is 0 Å². The third-order valence-corrected chi connectivity index (χ3v) is 5.16. The Labute approximate surface area is 137 Å². The van der Waals surface area contributed by atoms with E-state index in [2.05, 4.69) is 25.2 Å². The first-order valence-electron chi connectivity index (χ1n) is 8.52. The van der Waals surface area contributed by atoms with E-state index in [0.29, 0.717) is 12.3 Å². The maximum atomic E-state index is 10.5. The van der Waals surface area contributed by atoms with Crippen molar-refractivity contribution in [2.24, 2.45) is 17.8 Å². The predicted octanol–water partition coefficient (Wildman–Crippen LogP) is 1.87. The Balaban J connectivity index is 1.90. The van der Waals surface area contributed by atoms with Crippen LogP contribution in [0.2, 0.25) is 0 Å². The molecule has 2 rings (SSSR count). The first-order chi connectivity index (χ1) is 10.9. The second-order valence-electron chi connectivity index (χ2n) is 6.98. The summed E-state index contributed by atoms with van der Waals surface area (Å²) in [4.78, 5) is 10.5. The van der Waals surface area contributed by atoms with Crippen molar-refractivity contribution in [3.05, 3.63) is 23.8 Å². The molecule has 0 bridgehead atoms. The fourth-order valence-electron chi connectivity index (χ4n) is 3.95. The summed E-state index contributed by atoms with van der Waals surface area (Å²) < 4.78 is 0. The molecule has 0 fully saturated rings. The molecule has 0 aromatic rings. The van der Waals surface area contributed by atoms with Gasteiger partial charge in [0.05, 0.1) is 24.7 Å². The monoisotopic (exact) mass is 324 g/mol. The highest BCUT2D eigenvalue weighted by Crippen LogP contribution is 2.42. The maximum Gasteiger partial charge on any atom is 0.305 e. The van der Waals surface area contributed by atoms with E-state index in [1.807, 2.05) is 0 Å². The summed E-state index contributed by atoms with van der Waals surface area (Å²) in [6, 6.07) is 0. The Kier molecular flexibility index (Phi) is 6.39. The van der Waals surface area contributed by atoms with E-state index in [1.54, 1.807) is 0 Å². The lowest BCUT2D eigenvalue weighted by molar-refractivity contribution is -0.139. The van der Waals surface area contributed by atoms with E-state index in [1.165, 1.54) is 5.57 Å². The number of aliphatic hydroxyl groups is 3. The Morgan fingerprint density at radius 1 is 1.35 bits per heavy atom. The Morgan fingerprint density at radius 3 is 2.78 bits per heavy atom. The number of rotatable bonds is 7. The van der Waals surface area contributed by atoms with Crippen LogP contribution in [0.4, 0.5) is 0 Å². The minimum absolute atomic E-state index is 0.0825.